The fraction of sp³-hybridized carbons (Fsp3) is 0.789. The molecule has 6 nitrogen and oxygen atoms in total. The molecule has 3 fully saturated rings. The van der Waals surface area contributed by atoms with Crippen LogP contribution in [0.1, 0.15) is 49.1 Å². The van der Waals surface area contributed by atoms with Gasteiger partial charge in [0.15, 0.2) is 0 Å². The van der Waals surface area contributed by atoms with Crippen molar-refractivity contribution in [1.82, 2.24) is 15.0 Å². The molecule has 3 aliphatic rings. The lowest BCUT2D eigenvalue weighted by atomic mass is 9.83. The number of aryl methyl sites for hydroxylation is 2. The van der Waals surface area contributed by atoms with Gasteiger partial charge in [-0.25, -0.2) is 0 Å². The number of hydrogen-bond donors (Lipinski definition) is 0. The fourth-order valence-electron chi connectivity index (χ4n) is 4.47. The molecule has 0 bridgehead atoms. The van der Waals surface area contributed by atoms with Gasteiger partial charge in [-0.15, -0.1) is 0 Å². The third-order valence-electron chi connectivity index (χ3n) is 6.20. The van der Waals surface area contributed by atoms with E-state index in [1.807, 2.05) is 13.8 Å². The van der Waals surface area contributed by atoms with Crippen LogP contribution in [0.2, 0.25) is 0 Å². The second kappa shape index (κ2) is 6.72. The topological polar surface area (TPSA) is 58.8 Å². The van der Waals surface area contributed by atoms with Gasteiger partial charge in [0.05, 0.1) is 24.4 Å². The minimum absolute atomic E-state index is 0.200. The Labute approximate surface area is 149 Å². The molecular weight excluding hydrogens is 318 g/mol. The summed E-state index contributed by atoms with van der Waals surface area (Å²) in [5.74, 6) is 1.54. The standard InChI is InChI=1S/C19H29N3O3/c1-14-17(15(2)25-20-14)11-21-8-4-7-19(12-21)13-22(9-10-24-19)18(23)16-5-3-6-16/h16H,3-13H2,1-2H3/t19-/m0/s1. The zero-order valence-corrected chi connectivity index (χ0v) is 15.4. The van der Waals surface area contributed by atoms with E-state index in [2.05, 4.69) is 15.0 Å². The predicted molar refractivity (Wildman–Crippen MR) is 93.1 cm³/mol. The molecule has 1 aromatic heterocycles. The summed E-state index contributed by atoms with van der Waals surface area (Å²) in [5, 5.41) is 4.07. The van der Waals surface area contributed by atoms with Gasteiger partial charge in [-0.3, -0.25) is 9.69 Å². The Morgan fingerprint density at radius 3 is 2.76 bits per heavy atom. The Morgan fingerprint density at radius 1 is 1.24 bits per heavy atom. The van der Waals surface area contributed by atoms with Crippen molar-refractivity contribution in [2.45, 2.75) is 58.1 Å². The number of aromatic nitrogens is 1. The van der Waals surface area contributed by atoms with Crippen molar-refractivity contribution in [1.29, 1.82) is 0 Å². The lowest BCUT2D eigenvalue weighted by Gasteiger charge is -2.49. The number of likely N-dealkylation sites (tertiary alicyclic amines) is 1. The highest BCUT2D eigenvalue weighted by atomic mass is 16.5. The van der Waals surface area contributed by atoms with Crippen LogP contribution >= 0.6 is 0 Å². The first-order valence-electron chi connectivity index (χ1n) is 9.63. The average molecular weight is 347 g/mol. The lowest BCUT2D eigenvalue weighted by Crippen LogP contribution is -2.61. The molecule has 1 saturated carbocycles. The molecule has 138 valence electrons. The molecule has 4 rings (SSSR count). The molecule has 0 radical (unpaired) electrons. The average Bonchev–Trinajstić information content (AvgIpc) is 2.85. The van der Waals surface area contributed by atoms with Gasteiger partial charge in [-0.2, -0.15) is 0 Å². The van der Waals surface area contributed by atoms with Crippen molar-refractivity contribution in [3.8, 4) is 0 Å². The lowest BCUT2D eigenvalue weighted by molar-refractivity contribution is -0.166. The van der Waals surface area contributed by atoms with E-state index < -0.39 is 0 Å². The van der Waals surface area contributed by atoms with Crippen LogP contribution in [0.25, 0.3) is 0 Å². The molecule has 3 heterocycles. The van der Waals surface area contributed by atoms with E-state index in [0.717, 1.165) is 69.9 Å². The van der Waals surface area contributed by atoms with Crippen molar-refractivity contribution in [3.05, 3.63) is 17.0 Å². The minimum Gasteiger partial charge on any atom is -0.370 e. The summed E-state index contributed by atoms with van der Waals surface area (Å²) in [6, 6.07) is 0. The van der Waals surface area contributed by atoms with E-state index in [9.17, 15) is 4.79 Å². The van der Waals surface area contributed by atoms with E-state index in [0.29, 0.717) is 12.5 Å². The monoisotopic (exact) mass is 347 g/mol. The number of hydrogen-bond acceptors (Lipinski definition) is 5. The molecule has 0 N–H and O–H groups in total. The van der Waals surface area contributed by atoms with Crippen LogP contribution in [0.5, 0.6) is 0 Å². The van der Waals surface area contributed by atoms with Gasteiger partial charge in [-0.05, 0) is 46.1 Å². The maximum Gasteiger partial charge on any atom is 0.225 e. The summed E-state index contributed by atoms with van der Waals surface area (Å²) >= 11 is 0. The van der Waals surface area contributed by atoms with Crippen LogP contribution in [0.15, 0.2) is 4.52 Å². The first kappa shape index (κ1) is 17.0. The minimum atomic E-state index is -0.200. The van der Waals surface area contributed by atoms with Gasteiger partial charge in [0.2, 0.25) is 5.91 Å². The van der Waals surface area contributed by atoms with Gasteiger partial charge >= 0.3 is 0 Å². The number of carbonyl (C=O) groups excluding carboxylic acids is 1. The number of morpholine rings is 1. The number of ether oxygens (including phenoxy) is 1. The molecule has 1 amide bonds. The molecule has 2 saturated heterocycles. The van der Waals surface area contributed by atoms with Crippen LogP contribution in [-0.2, 0) is 16.1 Å². The zero-order chi connectivity index (χ0) is 17.4. The van der Waals surface area contributed by atoms with Crippen LogP contribution in [-0.4, -0.2) is 59.3 Å². The van der Waals surface area contributed by atoms with Gasteiger partial charge in [0.25, 0.3) is 0 Å². The molecule has 1 atom stereocenters. The van der Waals surface area contributed by atoms with Crippen LogP contribution in [0.4, 0.5) is 0 Å². The highest BCUT2D eigenvalue weighted by molar-refractivity contribution is 5.79. The molecule has 0 aromatic carbocycles. The SMILES string of the molecule is Cc1noc(C)c1CN1CCC[C@]2(C1)CN(C(=O)C1CCC1)CCO2. The third kappa shape index (κ3) is 3.34. The molecule has 2 aliphatic heterocycles. The van der Waals surface area contributed by atoms with Gasteiger partial charge in [0, 0.05) is 31.1 Å². The Kier molecular flexibility index (Phi) is 4.58. The van der Waals surface area contributed by atoms with E-state index in [1.165, 1.54) is 12.0 Å². The molecular formula is C19H29N3O3. The second-order valence-electron chi connectivity index (χ2n) is 8.04. The largest absolute Gasteiger partial charge is 0.370 e. The van der Waals surface area contributed by atoms with Crippen LogP contribution in [0.3, 0.4) is 0 Å². The summed E-state index contributed by atoms with van der Waals surface area (Å²) in [4.78, 5) is 17.2. The van der Waals surface area contributed by atoms with Crippen molar-refractivity contribution < 1.29 is 14.1 Å². The zero-order valence-electron chi connectivity index (χ0n) is 15.4. The Bertz CT molecular complexity index is 616. The molecule has 25 heavy (non-hydrogen) atoms. The van der Waals surface area contributed by atoms with E-state index in [4.69, 9.17) is 9.26 Å². The highest BCUT2D eigenvalue weighted by Gasteiger charge is 2.43. The maximum atomic E-state index is 12.7. The molecule has 1 aromatic rings. The van der Waals surface area contributed by atoms with Crippen molar-refractivity contribution in [2.75, 3.05) is 32.8 Å². The molecule has 0 unspecified atom stereocenters. The molecule has 1 spiro atoms. The van der Waals surface area contributed by atoms with Gasteiger partial charge < -0.3 is 14.2 Å². The maximum absolute atomic E-state index is 12.7. The van der Waals surface area contributed by atoms with E-state index >= 15 is 0 Å². The summed E-state index contributed by atoms with van der Waals surface area (Å²) in [5.41, 5.74) is 1.97. The summed E-state index contributed by atoms with van der Waals surface area (Å²) in [7, 11) is 0. The smallest absolute Gasteiger partial charge is 0.225 e. The third-order valence-corrected chi connectivity index (χ3v) is 6.20. The number of rotatable bonds is 3. The molecule has 6 heteroatoms. The number of piperidine rings is 1. The van der Waals surface area contributed by atoms with E-state index in [1.54, 1.807) is 0 Å². The summed E-state index contributed by atoms with van der Waals surface area (Å²) in [6.07, 6.45) is 5.49. The quantitative estimate of drug-likeness (QED) is 0.840. The Hall–Kier alpha value is -1.40. The number of nitrogens with zero attached hydrogens (tertiary/aromatic N) is 3. The summed E-state index contributed by atoms with van der Waals surface area (Å²) < 4.78 is 11.6. The second-order valence-corrected chi connectivity index (χ2v) is 8.04. The van der Waals surface area contributed by atoms with Crippen molar-refractivity contribution in [3.63, 3.8) is 0 Å². The Morgan fingerprint density at radius 2 is 2.08 bits per heavy atom. The van der Waals surface area contributed by atoms with E-state index in [-0.39, 0.29) is 11.5 Å². The van der Waals surface area contributed by atoms with Gasteiger partial charge in [0.1, 0.15) is 5.76 Å². The number of carbonyl (C=O) groups is 1. The summed E-state index contributed by atoms with van der Waals surface area (Å²) in [6.45, 7) is 8.94. The first-order valence-corrected chi connectivity index (χ1v) is 9.63. The van der Waals surface area contributed by atoms with Crippen LogP contribution in [0, 0.1) is 19.8 Å². The highest BCUT2D eigenvalue weighted by Crippen LogP contribution is 2.33. The van der Waals surface area contributed by atoms with Crippen LogP contribution < -0.4 is 0 Å². The first-order chi connectivity index (χ1) is 12.1. The fourth-order valence-corrected chi connectivity index (χ4v) is 4.47. The van der Waals surface area contributed by atoms with Crippen molar-refractivity contribution >= 4 is 5.91 Å². The number of amides is 1. The van der Waals surface area contributed by atoms with Crippen molar-refractivity contribution in [2.24, 2.45) is 5.92 Å². The predicted octanol–water partition coefficient (Wildman–Crippen LogP) is 2.28. The Balaban J connectivity index is 1.43. The normalized spacial score (nSPS) is 28.3. The molecule has 1 aliphatic carbocycles. The van der Waals surface area contributed by atoms with Gasteiger partial charge in [-0.1, -0.05) is 11.6 Å².